The molecule has 0 spiro atoms. The van der Waals surface area contributed by atoms with Crippen LogP contribution in [0.3, 0.4) is 0 Å². The van der Waals surface area contributed by atoms with Gasteiger partial charge < -0.3 is 5.32 Å². The van der Waals surface area contributed by atoms with E-state index in [1.165, 1.54) is 17.5 Å². The standard InChI is InChI=1S/C8H11ClN2OS/c1-8(2,3)6(12)11-7-10-4-5(9)13-7/h4H,1-3H3,(H,10,11,12). The number of anilines is 1. The summed E-state index contributed by atoms with van der Waals surface area (Å²) in [4.78, 5) is 15.4. The Balaban J connectivity index is 2.65. The summed E-state index contributed by atoms with van der Waals surface area (Å²) in [6, 6.07) is 0. The number of rotatable bonds is 1. The molecule has 0 radical (unpaired) electrons. The minimum absolute atomic E-state index is 0.0569. The number of hydrogen-bond donors (Lipinski definition) is 1. The molecule has 0 aliphatic carbocycles. The molecule has 0 aliphatic rings. The van der Waals surface area contributed by atoms with Crippen molar-refractivity contribution in [3.05, 3.63) is 10.5 Å². The van der Waals surface area contributed by atoms with Gasteiger partial charge in [-0.2, -0.15) is 0 Å². The van der Waals surface area contributed by atoms with Crippen LogP contribution < -0.4 is 5.32 Å². The highest BCUT2D eigenvalue weighted by Crippen LogP contribution is 2.24. The van der Waals surface area contributed by atoms with Gasteiger partial charge in [0.25, 0.3) is 0 Å². The van der Waals surface area contributed by atoms with Crippen molar-refractivity contribution in [1.82, 2.24) is 4.98 Å². The van der Waals surface area contributed by atoms with Crippen LogP contribution in [0.2, 0.25) is 4.34 Å². The molecule has 13 heavy (non-hydrogen) atoms. The van der Waals surface area contributed by atoms with E-state index in [1.807, 2.05) is 20.8 Å². The van der Waals surface area contributed by atoms with Gasteiger partial charge in [0, 0.05) is 5.41 Å². The number of aromatic nitrogens is 1. The third-order valence-electron chi connectivity index (χ3n) is 1.38. The van der Waals surface area contributed by atoms with Crippen molar-refractivity contribution >= 4 is 34.0 Å². The lowest BCUT2D eigenvalue weighted by Crippen LogP contribution is -2.27. The highest BCUT2D eigenvalue weighted by molar-refractivity contribution is 7.19. The van der Waals surface area contributed by atoms with Crippen LogP contribution in [0.1, 0.15) is 20.8 Å². The molecule has 0 saturated heterocycles. The Morgan fingerprint density at radius 3 is 2.62 bits per heavy atom. The van der Waals surface area contributed by atoms with Crippen molar-refractivity contribution in [2.75, 3.05) is 5.32 Å². The van der Waals surface area contributed by atoms with Crippen LogP contribution in [-0.4, -0.2) is 10.9 Å². The van der Waals surface area contributed by atoms with Crippen LogP contribution in [0.4, 0.5) is 5.13 Å². The molecule has 1 aromatic heterocycles. The first-order valence-corrected chi connectivity index (χ1v) is 5.02. The molecule has 3 nitrogen and oxygen atoms in total. The number of amides is 1. The first-order valence-electron chi connectivity index (χ1n) is 3.82. The summed E-state index contributed by atoms with van der Waals surface area (Å²) in [7, 11) is 0. The number of thiazole rings is 1. The fourth-order valence-corrected chi connectivity index (χ4v) is 1.40. The second kappa shape index (κ2) is 3.64. The summed E-state index contributed by atoms with van der Waals surface area (Å²) < 4.78 is 0.573. The van der Waals surface area contributed by atoms with Gasteiger partial charge in [-0.15, -0.1) is 0 Å². The van der Waals surface area contributed by atoms with Crippen LogP contribution in [0.15, 0.2) is 6.20 Å². The van der Waals surface area contributed by atoms with E-state index in [-0.39, 0.29) is 5.91 Å². The van der Waals surface area contributed by atoms with Gasteiger partial charge in [0.05, 0.1) is 6.20 Å². The molecule has 1 aromatic rings. The van der Waals surface area contributed by atoms with E-state index in [1.54, 1.807) is 0 Å². The molecule has 0 saturated carbocycles. The van der Waals surface area contributed by atoms with Crippen LogP contribution in [0.25, 0.3) is 0 Å². The summed E-state index contributed by atoms with van der Waals surface area (Å²) in [5.74, 6) is -0.0569. The van der Waals surface area contributed by atoms with Gasteiger partial charge in [-0.05, 0) is 0 Å². The quantitative estimate of drug-likeness (QED) is 0.788. The van der Waals surface area contributed by atoms with Crippen molar-refractivity contribution < 1.29 is 4.79 Å². The zero-order valence-corrected chi connectivity index (χ0v) is 9.29. The summed E-state index contributed by atoms with van der Waals surface area (Å²) >= 11 is 6.92. The molecule has 0 fully saturated rings. The fourth-order valence-electron chi connectivity index (χ4n) is 0.597. The lowest BCUT2D eigenvalue weighted by atomic mass is 9.96. The second-order valence-corrected chi connectivity index (χ2v) is 5.34. The van der Waals surface area contributed by atoms with E-state index in [4.69, 9.17) is 11.6 Å². The maximum Gasteiger partial charge on any atom is 0.231 e. The molecular weight excluding hydrogens is 208 g/mol. The van der Waals surface area contributed by atoms with Crippen molar-refractivity contribution in [3.63, 3.8) is 0 Å². The normalized spacial score (nSPS) is 11.4. The first kappa shape index (κ1) is 10.5. The summed E-state index contributed by atoms with van der Waals surface area (Å²) in [5, 5.41) is 3.23. The van der Waals surface area contributed by atoms with Crippen molar-refractivity contribution in [2.45, 2.75) is 20.8 Å². The molecular formula is C8H11ClN2OS. The molecule has 72 valence electrons. The van der Waals surface area contributed by atoms with Gasteiger partial charge in [0.2, 0.25) is 5.91 Å². The summed E-state index contributed by atoms with van der Waals surface area (Å²) in [5.41, 5.74) is -0.405. The fraction of sp³-hybridized carbons (Fsp3) is 0.500. The number of nitrogens with one attached hydrogen (secondary N) is 1. The van der Waals surface area contributed by atoms with Gasteiger partial charge in [-0.25, -0.2) is 4.98 Å². The lowest BCUT2D eigenvalue weighted by molar-refractivity contribution is -0.123. The van der Waals surface area contributed by atoms with Crippen LogP contribution in [0.5, 0.6) is 0 Å². The van der Waals surface area contributed by atoms with E-state index < -0.39 is 5.41 Å². The van der Waals surface area contributed by atoms with E-state index in [2.05, 4.69) is 10.3 Å². The number of carbonyl (C=O) groups excluding carboxylic acids is 1. The van der Waals surface area contributed by atoms with Gasteiger partial charge >= 0.3 is 0 Å². The van der Waals surface area contributed by atoms with E-state index in [0.29, 0.717) is 9.47 Å². The molecule has 0 bridgehead atoms. The third kappa shape index (κ3) is 2.97. The Morgan fingerprint density at radius 2 is 2.23 bits per heavy atom. The minimum Gasteiger partial charge on any atom is -0.301 e. The van der Waals surface area contributed by atoms with Gasteiger partial charge in [-0.3, -0.25) is 4.79 Å². The molecule has 0 aliphatic heterocycles. The summed E-state index contributed by atoms with van der Waals surface area (Å²) in [6.07, 6.45) is 1.52. The Kier molecular flexibility index (Phi) is 2.93. The smallest absolute Gasteiger partial charge is 0.231 e. The van der Waals surface area contributed by atoms with Crippen molar-refractivity contribution in [1.29, 1.82) is 0 Å². The molecule has 1 heterocycles. The number of halogens is 1. The second-order valence-electron chi connectivity index (χ2n) is 3.67. The Labute approximate surface area is 86.1 Å². The molecule has 0 unspecified atom stereocenters. The van der Waals surface area contributed by atoms with Gasteiger partial charge in [0.1, 0.15) is 4.34 Å². The maximum atomic E-state index is 11.5. The van der Waals surface area contributed by atoms with Crippen molar-refractivity contribution in [2.24, 2.45) is 5.41 Å². The monoisotopic (exact) mass is 218 g/mol. The predicted molar refractivity (Wildman–Crippen MR) is 55.2 cm³/mol. The molecule has 0 aromatic carbocycles. The van der Waals surface area contributed by atoms with Crippen LogP contribution >= 0.6 is 22.9 Å². The molecule has 1 rings (SSSR count). The average molecular weight is 219 g/mol. The first-order chi connectivity index (χ1) is 5.89. The van der Waals surface area contributed by atoms with Crippen molar-refractivity contribution in [3.8, 4) is 0 Å². The third-order valence-corrected chi connectivity index (χ3v) is 2.41. The molecule has 1 amide bonds. The van der Waals surface area contributed by atoms with Gasteiger partial charge in [-0.1, -0.05) is 43.7 Å². The average Bonchev–Trinajstić information content (AvgIpc) is 2.33. The lowest BCUT2D eigenvalue weighted by Gasteiger charge is -2.15. The van der Waals surface area contributed by atoms with E-state index in [9.17, 15) is 4.79 Å². The highest BCUT2D eigenvalue weighted by Gasteiger charge is 2.21. The maximum absolute atomic E-state index is 11.5. The molecule has 1 N–H and O–H groups in total. The largest absolute Gasteiger partial charge is 0.301 e. The number of hydrogen-bond acceptors (Lipinski definition) is 3. The minimum atomic E-state index is -0.405. The number of carbonyl (C=O) groups is 1. The van der Waals surface area contributed by atoms with E-state index >= 15 is 0 Å². The van der Waals surface area contributed by atoms with Crippen LogP contribution in [0, 0.1) is 5.41 Å². The Bertz CT molecular complexity index is 316. The topological polar surface area (TPSA) is 42.0 Å². The zero-order valence-electron chi connectivity index (χ0n) is 7.72. The molecule has 0 atom stereocenters. The summed E-state index contributed by atoms with van der Waals surface area (Å²) in [6.45, 7) is 5.53. The highest BCUT2D eigenvalue weighted by atomic mass is 35.5. The van der Waals surface area contributed by atoms with Crippen LogP contribution in [-0.2, 0) is 4.79 Å². The number of nitrogens with zero attached hydrogens (tertiary/aromatic N) is 1. The zero-order chi connectivity index (χ0) is 10.1. The van der Waals surface area contributed by atoms with Gasteiger partial charge in [0.15, 0.2) is 5.13 Å². The Hall–Kier alpha value is -0.610. The predicted octanol–water partition coefficient (Wildman–Crippen LogP) is 2.78. The van der Waals surface area contributed by atoms with E-state index in [0.717, 1.165) is 0 Å². The molecule has 5 heteroatoms. The Morgan fingerprint density at radius 1 is 1.62 bits per heavy atom. The SMILES string of the molecule is CC(C)(C)C(=O)Nc1ncc(Cl)s1.